The number of hydrogen-bond acceptors (Lipinski definition) is 0. The molecule has 0 aliphatic carbocycles. The monoisotopic (exact) mass is 193 g/mol. The summed E-state index contributed by atoms with van der Waals surface area (Å²) in [5.41, 5.74) is 3.19. The molecular weight excluding hydrogens is 184 g/mol. The molecule has 1 fully saturated rings. The Kier molecular flexibility index (Phi) is 1.47. The summed E-state index contributed by atoms with van der Waals surface area (Å²) in [6, 6.07) is 0. The lowest BCUT2D eigenvalue weighted by atomic mass is 11.7. The van der Waals surface area contributed by atoms with E-state index >= 15 is 0 Å². The van der Waals surface area contributed by atoms with Crippen LogP contribution in [0.5, 0.6) is 0 Å². The van der Waals surface area contributed by atoms with E-state index in [1.54, 1.807) is 11.3 Å². The molecule has 0 aromatic rings. The Bertz CT molecular complexity index is 73.8. The zero-order valence-electron chi connectivity index (χ0n) is 4.79. The van der Waals surface area contributed by atoms with Crippen LogP contribution in [0.25, 0.3) is 0 Å². The van der Waals surface area contributed by atoms with Gasteiger partial charge in [0, 0.05) is 8.07 Å². The van der Waals surface area contributed by atoms with Crippen LogP contribution >= 0.6 is 15.3 Å². The molecule has 0 unspecified atom stereocenters. The Morgan fingerprint density at radius 1 is 1.43 bits per heavy atom. The van der Waals surface area contributed by atoms with Crippen molar-refractivity contribution in [3.8, 4) is 0 Å². The molecule has 41 valence electrons. The first-order valence-electron chi connectivity index (χ1n) is 2.60. The van der Waals surface area contributed by atoms with Gasteiger partial charge in [-0.3, -0.25) is 0 Å². The van der Waals surface area contributed by atoms with Gasteiger partial charge < -0.3 is 0 Å². The summed E-state index contributed by atoms with van der Waals surface area (Å²) in [7, 11) is -0.441. The summed E-state index contributed by atoms with van der Waals surface area (Å²) >= 11 is 3.67. The zero-order chi connectivity index (χ0) is 5.49. The van der Waals surface area contributed by atoms with Gasteiger partial charge in [-0.05, 0) is 0 Å². The fourth-order valence-corrected chi connectivity index (χ4v) is 22.5. The number of rotatable bonds is 0. The summed E-state index contributed by atoms with van der Waals surface area (Å²) in [4.78, 5) is 0. The van der Waals surface area contributed by atoms with E-state index in [-0.39, 0.29) is 7.42 Å². The molecule has 0 aromatic heterocycles. The van der Waals surface area contributed by atoms with Crippen molar-refractivity contribution >= 4 is 30.8 Å². The second-order valence-electron chi connectivity index (χ2n) is 3.04. The predicted molar refractivity (Wildman–Crippen MR) is 41.8 cm³/mol. The Balaban J connectivity index is 2.29. The molecule has 3 heteroatoms. The molecule has 0 bridgehead atoms. The largest absolute Gasteiger partial charge is 0.129 e. The van der Waals surface area contributed by atoms with Crippen LogP contribution in [0.15, 0.2) is 0 Å². The minimum absolute atomic E-state index is 0.0743. The first-order chi connectivity index (χ1) is 3.10. The van der Waals surface area contributed by atoms with Crippen molar-refractivity contribution in [2.75, 3.05) is 0 Å². The molecular formula is C4H10BrSi2. The maximum absolute atomic E-state index is 3.67. The first kappa shape index (κ1) is 6.04. The molecule has 7 heavy (non-hydrogen) atoms. The third-order valence-electron chi connectivity index (χ3n) is 1.34. The van der Waals surface area contributed by atoms with Crippen LogP contribution in [0.2, 0.25) is 24.4 Å². The molecule has 0 aromatic carbocycles. The van der Waals surface area contributed by atoms with Gasteiger partial charge in [0.25, 0.3) is 0 Å². The van der Waals surface area contributed by atoms with Crippen molar-refractivity contribution in [3.05, 3.63) is 0 Å². The summed E-state index contributed by atoms with van der Waals surface area (Å²) in [5, 5.41) is 0. The Morgan fingerprint density at radius 3 is 1.86 bits per heavy atom. The van der Waals surface area contributed by atoms with Crippen molar-refractivity contribution in [1.29, 1.82) is 0 Å². The smallest absolute Gasteiger partial charge is 0.129 e. The van der Waals surface area contributed by atoms with Gasteiger partial charge in [0.15, 0.2) is 0 Å². The second-order valence-corrected chi connectivity index (χ2v) is 14.6. The van der Waals surface area contributed by atoms with Gasteiger partial charge in [-0.25, -0.2) is 0 Å². The summed E-state index contributed by atoms with van der Waals surface area (Å²) in [6.07, 6.45) is 0. The van der Waals surface area contributed by atoms with Gasteiger partial charge in [-0.2, -0.15) is 0 Å². The SMILES string of the molecule is C[Si]1(C)C[Si](Br)C1. The Labute approximate surface area is 55.5 Å². The third-order valence-corrected chi connectivity index (χ3v) is 17.1. The van der Waals surface area contributed by atoms with Crippen molar-refractivity contribution in [3.63, 3.8) is 0 Å². The van der Waals surface area contributed by atoms with Crippen LogP contribution in [0, 0.1) is 0 Å². The summed E-state index contributed by atoms with van der Waals surface area (Å²) < 4.78 is 0. The highest BCUT2D eigenvalue weighted by Crippen LogP contribution is 2.33. The van der Waals surface area contributed by atoms with E-state index in [0.717, 1.165) is 0 Å². The Hall–Kier alpha value is 0.914. The molecule has 1 saturated heterocycles. The molecule has 1 rings (SSSR count). The van der Waals surface area contributed by atoms with E-state index in [9.17, 15) is 0 Å². The second kappa shape index (κ2) is 1.70. The van der Waals surface area contributed by atoms with Crippen molar-refractivity contribution in [2.45, 2.75) is 24.4 Å². The summed E-state index contributed by atoms with van der Waals surface area (Å²) in [5.74, 6) is 0. The van der Waals surface area contributed by atoms with Gasteiger partial charge in [-0.1, -0.05) is 24.4 Å². The molecule has 0 N–H and O–H groups in total. The minimum atomic E-state index is -0.515. The summed E-state index contributed by atoms with van der Waals surface area (Å²) in [6.45, 7) is 4.95. The lowest BCUT2D eigenvalue weighted by Gasteiger charge is -2.35. The van der Waals surface area contributed by atoms with Crippen LogP contribution < -0.4 is 0 Å². The standard InChI is InChI=1S/C4H10BrSi2/c1-7(2)3-6(5)4-7/h3-4H2,1-2H3. The van der Waals surface area contributed by atoms with E-state index < -0.39 is 8.07 Å². The average molecular weight is 194 g/mol. The molecule has 0 amide bonds. The fourth-order valence-electron chi connectivity index (χ4n) is 0.987. The van der Waals surface area contributed by atoms with Crippen LogP contribution in [0.1, 0.15) is 0 Å². The lowest BCUT2D eigenvalue weighted by molar-refractivity contribution is 1.46. The molecule has 0 saturated carbocycles. The average Bonchev–Trinajstić information content (AvgIpc) is 1.27. The molecule has 0 spiro atoms. The van der Waals surface area contributed by atoms with Gasteiger partial charge >= 0.3 is 0 Å². The van der Waals surface area contributed by atoms with Gasteiger partial charge in [0.1, 0.15) is 7.42 Å². The van der Waals surface area contributed by atoms with Crippen LogP contribution in [-0.4, -0.2) is 15.5 Å². The van der Waals surface area contributed by atoms with E-state index in [1.807, 2.05) is 0 Å². The maximum atomic E-state index is 3.67. The predicted octanol–water partition coefficient (Wildman–Crippen LogP) is 2.17. The van der Waals surface area contributed by atoms with Crippen molar-refractivity contribution in [2.24, 2.45) is 0 Å². The van der Waals surface area contributed by atoms with Crippen molar-refractivity contribution in [1.82, 2.24) is 0 Å². The highest BCUT2D eigenvalue weighted by molar-refractivity contribution is 9.24. The van der Waals surface area contributed by atoms with Crippen LogP contribution in [0.3, 0.4) is 0 Å². The highest BCUT2D eigenvalue weighted by Gasteiger charge is 2.37. The van der Waals surface area contributed by atoms with Gasteiger partial charge in [0.2, 0.25) is 0 Å². The Morgan fingerprint density at radius 2 is 1.86 bits per heavy atom. The zero-order valence-corrected chi connectivity index (χ0v) is 8.38. The van der Waals surface area contributed by atoms with Gasteiger partial charge in [-0.15, -0.1) is 15.3 Å². The molecule has 0 nitrogen and oxygen atoms in total. The first-order valence-corrected chi connectivity index (χ1v) is 10.2. The van der Waals surface area contributed by atoms with E-state index in [0.29, 0.717) is 0 Å². The van der Waals surface area contributed by atoms with Gasteiger partial charge in [0.05, 0.1) is 0 Å². The fraction of sp³-hybridized carbons (Fsp3) is 1.00. The highest BCUT2D eigenvalue weighted by atomic mass is 79.9. The normalized spacial score (nSPS) is 29.6. The topological polar surface area (TPSA) is 0 Å². The van der Waals surface area contributed by atoms with Crippen LogP contribution in [0.4, 0.5) is 0 Å². The lowest BCUT2D eigenvalue weighted by Crippen LogP contribution is -2.44. The molecule has 1 aliphatic rings. The van der Waals surface area contributed by atoms with E-state index in [2.05, 4.69) is 28.4 Å². The quantitative estimate of drug-likeness (QED) is 0.409. The molecule has 1 radical (unpaired) electrons. The van der Waals surface area contributed by atoms with Crippen LogP contribution in [-0.2, 0) is 0 Å². The molecule has 0 atom stereocenters. The number of hydrogen-bond donors (Lipinski definition) is 0. The molecule has 1 heterocycles. The minimum Gasteiger partial charge on any atom is -0.129 e. The maximum Gasteiger partial charge on any atom is 0.129 e. The number of halogens is 1. The van der Waals surface area contributed by atoms with E-state index in [4.69, 9.17) is 0 Å². The molecule has 1 aliphatic heterocycles. The van der Waals surface area contributed by atoms with Crippen molar-refractivity contribution < 1.29 is 0 Å². The third kappa shape index (κ3) is 1.40. The van der Waals surface area contributed by atoms with E-state index in [1.165, 1.54) is 0 Å².